The summed E-state index contributed by atoms with van der Waals surface area (Å²) in [5.41, 5.74) is 0.567. The minimum Gasteiger partial charge on any atom is -0.313 e. The Hall–Kier alpha value is -1.52. The third kappa shape index (κ3) is 3.39. The Morgan fingerprint density at radius 3 is 2.43 bits per heavy atom. The van der Waals surface area contributed by atoms with Gasteiger partial charge in [0.05, 0.1) is 0 Å². The number of hydrogen-bond acceptors (Lipinski definition) is 1. The highest BCUT2D eigenvalue weighted by Crippen LogP contribution is 2.27. The average molecular weight is 314 g/mol. The van der Waals surface area contributed by atoms with E-state index in [0.29, 0.717) is 16.1 Å². The molecule has 0 bridgehead atoms. The second kappa shape index (κ2) is 6.50. The van der Waals surface area contributed by atoms with Crippen molar-refractivity contribution in [3.63, 3.8) is 0 Å². The van der Waals surface area contributed by atoms with Crippen LogP contribution >= 0.6 is 11.6 Å². The molecule has 2 aromatic rings. The first-order valence-electron chi connectivity index (χ1n) is 6.49. The summed E-state index contributed by atoms with van der Waals surface area (Å²) in [6.07, 6.45) is 0.0974. The molecule has 21 heavy (non-hydrogen) atoms. The van der Waals surface area contributed by atoms with Crippen molar-refractivity contribution in [2.45, 2.75) is 19.4 Å². The quantitative estimate of drug-likeness (QED) is 0.872. The van der Waals surface area contributed by atoms with Crippen LogP contribution in [0.15, 0.2) is 30.3 Å². The second-order valence-electron chi connectivity index (χ2n) is 4.87. The predicted octanol–water partition coefficient (Wildman–Crippen LogP) is 4.57. The van der Waals surface area contributed by atoms with Crippen LogP contribution in [0.4, 0.5) is 13.2 Å². The summed E-state index contributed by atoms with van der Waals surface area (Å²) in [4.78, 5) is 0. The van der Waals surface area contributed by atoms with Crippen molar-refractivity contribution in [3.8, 4) is 0 Å². The molecule has 1 N–H and O–H groups in total. The summed E-state index contributed by atoms with van der Waals surface area (Å²) in [7, 11) is 1.58. The Bertz CT molecular complexity index is 658. The number of rotatable bonds is 4. The highest BCUT2D eigenvalue weighted by atomic mass is 35.5. The summed E-state index contributed by atoms with van der Waals surface area (Å²) < 4.78 is 41.9. The zero-order valence-corrected chi connectivity index (χ0v) is 12.4. The van der Waals surface area contributed by atoms with E-state index in [-0.39, 0.29) is 12.0 Å². The topological polar surface area (TPSA) is 12.0 Å². The number of nitrogens with one attached hydrogen (secondary N) is 1. The Balaban J connectivity index is 2.41. The van der Waals surface area contributed by atoms with Crippen LogP contribution in [-0.4, -0.2) is 7.05 Å². The molecule has 0 saturated heterocycles. The van der Waals surface area contributed by atoms with E-state index in [2.05, 4.69) is 5.32 Å². The molecule has 2 rings (SSSR count). The molecule has 5 heteroatoms. The normalized spacial score (nSPS) is 12.5. The monoisotopic (exact) mass is 313 g/mol. The molecule has 0 aliphatic rings. The van der Waals surface area contributed by atoms with E-state index in [0.717, 1.165) is 0 Å². The smallest absolute Gasteiger partial charge is 0.133 e. The second-order valence-corrected chi connectivity index (χ2v) is 5.31. The van der Waals surface area contributed by atoms with Gasteiger partial charge in [0.1, 0.15) is 17.5 Å². The van der Waals surface area contributed by atoms with Gasteiger partial charge >= 0.3 is 0 Å². The third-order valence-electron chi connectivity index (χ3n) is 3.45. The summed E-state index contributed by atoms with van der Waals surface area (Å²) in [5, 5.41) is 3.21. The number of aryl methyl sites for hydroxylation is 1. The van der Waals surface area contributed by atoms with E-state index in [1.165, 1.54) is 30.3 Å². The molecule has 0 radical (unpaired) electrons. The molecule has 0 saturated carbocycles. The molecule has 0 aromatic heterocycles. The zero-order chi connectivity index (χ0) is 15.6. The first kappa shape index (κ1) is 15.9. The van der Waals surface area contributed by atoms with Crippen LogP contribution < -0.4 is 5.32 Å². The molecule has 0 heterocycles. The maximum Gasteiger partial charge on any atom is 0.133 e. The van der Waals surface area contributed by atoms with Gasteiger partial charge in [-0.3, -0.25) is 0 Å². The summed E-state index contributed by atoms with van der Waals surface area (Å²) in [6.45, 7) is 1.56. The van der Waals surface area contributed by atoms with Gasteiger partial charge in [0.15, 0.2) is 0 Å². The van der Waals surface area contributed by atoms with Crippen molar-refractivity contribution in [2.24, 2.45) is 0 Å². The van der Waals surface area contributed by atoms with Crippen LogP contribution in [0.5, 0.6) is 0 Å². The standard InChI is InChI=1S/C16H15ClF3N/c1-9-3-5-13(19)15(16(9)20)14(21-2)8-10-7-11(17)4-6-12(10)18/h3-7,14,21H,8H2,1-2H3. The van der Waals surface area contributed by atoms with Gasteiger partial charge in [0, 0.05) is 16.6 Å². The van der Waals surface area contributed by atoms with Crippen LogP contribution in [0.1, 0.15) is 22.7 Å². The molecule has 2 aromatic carbocycles. The molecule has 1 unspecified atom stereocenters. The largest absolute Gasteiger partial charge is 0.313 e. The maximum atomic E-state index is 14.2. The van der Waals surface area contributed by atoms with Gasteiger partial charge in [-0.1, -0.05) is 17.7 Å². The summed E-state index contributed by atoms with van der Waals surface area (Å²) in [6, 6.07) is 6.05. The van der Waals surface area contributed by atoms with Gasteiger partial charge in [-0.05, 0) is 55.8 Å². The van der Waals surface area contributed by atoms with Gasteiger partial charge in [0.25, 0.3) is 0 Å². The number of hydrogen-bond donors (Lipinski definition) is 1. The van der Waals surface area contributed by atoms with E-state index in [9.17, 15) is 13.2 Å². The molecule has 0 spiro atoms. The molecule has 0 aliphatic heterocycles. The Morgan fingerprint density at radius 2 is 1.76 bits per heavy atom. The minimum atomic E-state index is -0.683. The maximum absolute atomic E-state index is 14.2. The lowest BCUT2D eigenvalue weighted by Crippen LogP contribution is -2.22. The molecule has 112 valence electrons. The molecule has 1 nitrogen and oxygen atoms in total. The highest BCUT2D eigenvalue weighted by Gasteiger charge is 2.21. The lowest BCUT2D eigenvalue weighted by atomic mass is 9.96. The van der Waals surface area contributed by atoms with Gasteiger partial charge in [-0.25, -0.2) is 13.2 Å². The van der Waals surface area contributed by atoms with Crippen molar-refractivity contribution >= 4 is 11.6 Å². The number of halogens is 4. The molecule has 0 fully saturated rings. The van der Waals surface area contributed by atoms with E-state index in [1.54, 1.807) is 14.0 Å². The van der Waals surface area contributed by atoms with Crippen LogP contribution in [0.2, 0.25) is 5.02 Å². The van der Waals surface area contributed by atoms with Crippen molar-refractivity contribution < 1.29 is 13.2 Å². The highest BCUT2D eigenvalue weighted by molar-refractivity contribution is 6.30. The third-order valence-corrected chi connectivity index (χ3v) is 3.68. The van der Waals surface area contributed by atoms with E-state index in [1.807, 2.05) is 0 Å². The fraction of sp³-hybridized carbons (Fsp3) is 0.250. The first-order chi connectivity index (χ1) is 9.93. The SMILES string of the molecule is CNC(Cc1cc(Cl)ccc1F)c1c(F)ccc(C)c1F. The molecule has 0 amide bonds. The predicted molar refractivity (Wildman–Crippen MR) is 78.0 cm³/mol. The Morgan fingerprint density at radius 1 is 1.10 bits per heavy atom. The average Bonchev–Trinajstić information content (AvgIpc) is 2.45. The number of benzene rings is 2. The van der Waals surface area contributed by atoms with E-state index < -0.39 is 23.5 Å². The van der Waals surface area contributed by atoms with Crippen LogP contribution in [0.25, 0.3) is 0 Å². The Kier molecular flexibility index (Phi) is 4.91. The van der Waals surface area contributed by atoms with Gasteiger partial charge < -0.3 is 5.32 Å². The van der Waals surface area contributed by atoms with Crippen molar-refractivity contribution in [1.82, 2.24) is 5.32 Å². The lowest BCUT2D eigenvalue weighted by Gasteiger charge is -2.19. The molecular formula is C16H15ClF3N. The zero-order valence-electron chi connectivity index (χ0n) is 11.7. The fourth-order valence-electron chi connectivity index (χ4n) is 2.27. The van der Waals surface area contributed by atoms with Crippen LogP contribution in [-0.2, 0) is 6.42 Å². The van der Waals surface area contributed by atoms with Crippen LogP contribution in [0.3, 0.4) is 0 Å². The van der Waals surface area contributed by atoms with Crippen LogP contribution in [0, 0.1) is 24.4 Å². The van der Waals surface area contributed by atoms with Gasteiger partial charge in [0.2, 0.25) is 0 Å². The van der Waals surface area contributed by atoms with Crippen molar-refractivity contribution in [1.29, 1.82) is 0 Å². The first-order valence-corrected chi connectivity index (χ1v) is 6.87. The van der Waals surface area contributed by atoms with E-state index in [4.69, 9.17) is 11.6 Å². The summed E-state index contributed by atoms with van der Waals surface area (Å²) >= 11 is 5.84. The molecule has 0 aliphatic carbocycles. The Labute approximate surface area is 126 Å². The van der Waals surface area contributed by atoms with Crippen molar-refractivity contribution in [3.05, 3.63) is 69.5 Å². The molecular weight excluding hydrogens is 299 g/mol. The van der Waals surface area contributed by atoms with E-state index >= 15 is 0 Å². The number of likely N-dealkylation sites (N-methyl/N-ethyl adjacent to an activating group) is 1. The molecule has 1 atom stereocenters. The van der Waals surface area contributed by atoms with Gasteiger partial charge in [-0.15, -0.1) is 0 Å². The minimum absolute atomic E-state index is 0.0862. The lowest BCUT2D eigenvalue weighted by molar-refractivity contribution is 0.479. The fourth-order valence-corrected chi connectivity index (χ4v) is 2.46. The summed E-state index contributed by atoms with van der Waals surface area (Å²) in [5.74, 6) is -1.72. The van der Waals surface area contributed by atoms with Crippen molar-refractivity contribution in [2.75, 3.05) is 7.05 Å². The van der Waals surface area contributed by atoms with Gasteiger partial charge in [-0.2, -0.15) is 0 Å².